The van der Waals surface area contributed by atoms with Crippen molar-refractivity contribution in [2.24, 2.45) is 0 Å². The van der Waals surface area contributed by atoms with Gasteiger partial charge in [-0.3, -0.25) is 4.79 Å². The van der Waals surface area contributed by atoms with Crippen LogP contribution >= 0.6 is 0 Å². The van der Waals surface area contributed by atoms with Crippen molar-refractivity contribution in [1.29, 1.82) is 0 Å². The summed E-state index contributed by atoms with van der Waals surface area (Å²) < 4.78 is 37.7. The number of carbonyl (C=O) groups is 1. The molecule has 0 aliphatic carbocycles. The third-order valence-electron chi connectivity index (χ3n) is 3.95. The van der Waals surface area contributed by atoms with Crippen LogP contribution in [0.3, 0.4) is 0 Å². The summed E-state index contributed by atoms with van der Waals surface area (Å²) in [6, 6.07) is 11.2. The Hall–Kier alpha value is -3.69. The monoisotopic (exact) mass is 416 g/mol. The number of hydrogen-bond acceptors (Lipinski definition) is 6. The minimum atomic E-state index is -4.43. The second-order valence-corrected chi connectivity index (χ2v) is 6.28. The number of benzene rings is 1. The molecular formula is C20H19F3N6O. The van der Waals surface area contributed by atoms with Crippen LogP contribution in [0.15, 0.2) is 54.7 Å². The summed E-state index contributed by atoms with van der Waals surface area (Å²) in [6.07, 6.45) is -2.77. The van der Waals surface area contributed by atoms with E-state index < -0.39 is 17.6 Å². The molecule has 3 N–H and O–H groups in total. The van der Waals surface area contributed by atoms with E-state index in [2.05, 4.69) is 30.9 Å². The van der Waals surface area contributed by atoms with Gasteiger partial charge >= 0.3 is 6.18 Å². The predicted molar refractivity (Wildman–Crippen MR) is 107 cm³/mol. The first kappa shape index (κ1) is 21.0. The van der Waals surface area contributed by atoms with Crippen molar-refractivity contribution in [3.63, 3.8) is 0 Å². The quantitative estimate of drug-likeness (QED) is 0.508. The Kier molecular flexibility index (Phi) is 6.45. The Balaban J connectivity index is 1.51. The van der Waals surface area contributed by atoms with E-state index in [1.165, 1.54) is 0 Å². The fraction of sp³-hybridized carbons (Fsp3) is 0.200. The number of nitrogens with one attached hydrogen (secondary N) is 3. The van der Waals surface area contributed by atoms with E-state index in [4.69, 9.17) is 0 Å². The molecule has 0 bridgehead atoms. The van der Waals surface area contributed by atoms with Crippen molar-refractivity contribution in [1.82, 2.24) is 20.3 Å². The zero-order valence-electron chi connectivity index (χ0n) is 16.0. The number of pyridine rings is 1. The summed E-state index contributed by atoms with van der Waals surface area (Å²) in [5, 5.41) is 8.80. The van der Waals surface area contributed by atoms with Crippen molar-refractivity contribution >= 4 is 23.4 Å². The van der Waals surface area contributed by atoms with Crippen LogP contribution in [0.1, 0.15) is 21.7 Å². The first-order valence-electron chi connectivity index (χ1n) is 9.04. The summed E-state index contributed by atoms with van der Waals surface area (Å²) in [6.45, 7) is 2.37. The van der Waals surface area contributed by atoms with Gasteiger partial charge in [0.15, 0.2) is 0 Å². The van der Waals surface area contributed by atoms with Crippen molar-refractivity contribution in [2.75, 3.05) is 23.7 Å². The highest BCUT2D eigenvalue weighted by Crippen LogP contribution is 2.29. The molecule has 0 aliphatic heterocycles. The first-order chi connectivity index (χ1) is 14.3. The highest BCUT2D eigenvalue weighted by molar-refractivity contribution is 5.94. The number of nitrogens with zero attached hydrogens (tertiary/aromatic N) is 3. The smallest absolute Gasteiger partial charge is 0.368 e. The van der Waals surface area contributed by atoms with Crippen LogP contribution in [0.4, 0.5) is 30.6 Å². The van der Waals surface area contributed by atoms with Gasteiger partial charge in [0.1, 0.15) is 23.3 Å². The fourth-order valence-corrected chi connectivity index (χ4v) is 2.57. The molecule has 3 rings (SSSR count). The van der Waals surface area contributed by atoms with E-state index in [1.807, 2.05) is 12.1 Å². The molecule has 0 aliphatic rings. The van der Waals surface area contributed by atoms with Gasteiger partial charge in [-0.05, 0) is 43.3 Å². The molecule has 0 unspecified atom stereocenters. The lowest BCUT2D eigenvalue weighted by Crippen LogP contribution is -2.29. The minimum absolute atomic E-state index is 0.155. The Morgan fingerprint density at radius 3 is 2.37 bits per heavy atom. The Morgan fingerprint density at radius 2 is 1.70 bits per heavy atom. The van der Waals surface area contributed by atoms with E-state index in [0.717, 1.165) is 24.3 Å². The van der Waals surface area contributed by atoms with Crippen LogP contribution in [-0.4, -0.2) is 33.9 Å². The summed E-state index contributed by atoms with van der Waals surface area (Å²) in [5.74, 6) is 1.86. The standard InChI is InChI=1S/C20H19F3N6O/c1-13-27-17(12-18(28-13)29-16-4-2-3-9-24-16)25-10-11-26-19(30)14-5-7-15(8-6-14)20(21,22)23/h2-9,12H,10-11H2,1H3,(H,26,30)(H2,24,25,27,28,29). The van der Waals surface area contributed by atoms with Gasteiger partial charge in [0.05, 0.1) is 5.56 Å². The van der Waals surface area contributed by atoms with Gasteiger partial charge in [-0.25, -0.2) is 15.0 Å². The van der Waals surface area contributed by atoms with Crippen molar-refractivity contribution in [2.45, 2.75) is 13.1 Å². The predicted octanol–water partition coefficient (Wildman–Crippen LogP) is 3.78. The average Bonchev–Trinajstić information content (AvgIpc) is 2.71. The van der Waals surface area contributed by atoms with Crippen molar-refractivity contribution < 1.29 is 18.0 Å². The van der Waals surface area contributed by atoms with Crippen LogP contribution in [0.5, 0.6) is 0 Å². The number of halogens is 3. The molecule has 2 heterocycles. The molecule has 156 valence electrons. The Bertz CT molecular complexity index is 994. The van der Waals surface area contributed by atoms with E-state index in [0.29, 0.717) is 29.8 Å². The highest BCUT2D eigenvalue weighted by atomic mass is 19.4. The van der Waals surface area contributed by atoms with Crippen molar-refractivity contribution in [3.8, 4) is 0 Å². The van der Waals surface area contributed by atoms with Gasteiger partial charge in [-0.15, -0.1) is 0 Å². The molecule has 0 saturated heterocycles. The largest absolute Gasteiger partial charge is 0.416 e. The number of amides is 1. The third-order valence-corrected chi connectivity index (χ3v) is 3.95. The molecule has 0 atom stereocenters. The van der Waals surface area contributed by atoms with Gasteiger partial charge < -0.3 is 16.0 Å². The van der Waals surface area contributed by atoms with Crippen molar-refractivity contribution in [3.05, 3.63) is 71.7 Å². The lowest BCUT2D eigenvalue weighted by Gasteiger charge is -2.11. The summed E-state index contributed by atoms with van der Waals surface area (Å²) in [7, 11) is 0. The van der Waals surface area contributed by atoms with Crippen LogP contribution in [-0.2, 0) is 6.18 Å². The number of rotatable bonds is 7. The van der Waals surface area contributed by atoms with E-state index in [9.17, 15) is 18.0 Å². The van der Waals surface area contributed by atoms with E-state index in [-0.39, 0.29) is 12.1 Å². The molecule has 0 fully saturated rings. The van der Waals surface area contributed by atoms with Gasteiger partial charge in [0.25, 0.3) is 5.91 Å². The molecule has 0 spiro atoms. The summed E-state index contributed by atoms with van der Waals surface area (Å²) >= 11 is 0. The van der Waals surface area contributed by atoms with Crippen LogP contribution in [0.25, 0.3) is 0 Å². The molecule has 10 heteroatoms. The maximum absolute atomic E-state index is 12.6. The molecule has 1 aromatic carbocycles. The zero-order valence-corrected chi connectivity index (χ0v) is 16.0. The lowest BCUT2D eigenvalue weighted by molar-refractivity contribution is -0.137. The number of anilines is 3. The van der Waals surface area contributed by atoms with Gasteiger partial charge in [-0.1, -0.05) is 6.07 Å². The summed E-state index contributed by atoms with van der Waals surface area (Å²) in [4.78, 5) is 24.8. The molecule has 2 aromatic heterocycles. The molecule has 0 saturated carbocycles. The van der Waals surface area contributed by atoms with Gasteiger partial charge in [0, 0.05) is 30.9 Å². The van der Waals surface area contributed by atoms with Crippen LogP contribution in [0.2, 0.25) is 0 Å². The molecular weight excluding hydrogens is 397 g/mol. The first-order valence-corrected chi connectivity index (χ1v) is 9.04. The highest BCUT2D eigenvalue weighted by Gasteiger charge is 2.30. The molecule has 30 heavy (non-hydrogen) atoms. The number of carbonyl (C=O) groups excluding carboxylic acids is 1. The SMILES string of the molecule is Cc1nc(NCCNC(=O)c2ccc(C(F)(F)F)cc2)cc(Nc2ccccn2)n1. The number of hydrogen-bond donors (Lipinski definition) is 3. The van der Waals surface area contributed by atoms with Crippen LogP contribution < -0.4 is 16.0 Å². The fourth-order valence-electron chi connectivity index (χ4n) is 2.57. The van der Waals surface area contributed by atoms with Gasteiger partial charge in [-0.2, -0.15) is 13.2 Å². The zero-order chi connectivity index (χ0) is 21.6. The summed E-state index contributed by atoms with van der Waals surface area (Å²) in [5.41, 5.74) is -0.641. The Morgan fingerprint density at radius 1 is 0.967 bits per heavy atom. The molecule has 0 radical (unpaired) electrons. The number of aryl methyl sites for hydroxylation is 1. The molecule has 1 amide bonds. The van der Waals surface area contributed by atoms with E-state index in [1.54, 1.807) is 25.3 Å². The maximum atomic E-state index is 12.6. The topological polar surface area (TPSA) is 91.8 Å². The molecule has 7 nitrogen and oxygen atoms in total. The maximum Gasteiger partial charge on any atom is 0.416 e. The van der Waals surface area contributed by atoms with Gasteiger partial charge in [0.2, 0.25) is 0 Å². The minimum Gasteiger partial charge on any atom is -0.368 e. The normalized spacial score (nSPS) is 11.1. The number of aromatic nitrogens is 3. The lowest BCUT2D eigenvalue weighted by atomic mass is 10.1. The second-order valence-electron chi connectivity index (χ2n) is 6.28. The van der Waals surface area contributed by atoms with E-state index >= 15 is 0 Å². The second kappa shape index (κ2) is 9.21. The molecule has 3 aromatic rings. The average molecular weight is 416 g/mol. The Labute approximate surface area is 170 Å². The number of alkyl halides is 3. The van der Waals surface area contributed by atoms with Crippen LogP contribution in [0, 0.1) is 6.92 Å². The third kappa shape index (κ3) is 5.90.